The first-order valence-electron chi connectivity index (χ1n) is 3.95. The second-order valence-corrected chi connectivity index (χ2v) is 3.17. The Balaban J connectivity index is 2.00. The zero-order valence-electron chi connectivity index (χ0n) is 5.69. The third-order valence-corrected chi connectivity index (χ3v) is 2.34. The van der Waals surface area contributed by atoms with Gasteiger partial charge in [0.1, 0.15) is 0 Å². The van der Waals surface area contributed by atoms with Crippen LogP contribution < -0.4 is 0 Å². The summed E-state index contributed by atoms with van der Waals surface area (Å²) >= 11 is 0. The quantitative estimate of drug-likeness (QED) is 0.430. The molecule has 0 aliphatic heterocycles. The van der Waals surface area contributed by atoms with Gasteiger partial charge in [-0.15, -0.1) is 5.92 Å². The topological polar surface area (TPSA) is 0 Å². The Bertz CT molecular complexity index is 159. The summed E-state index contributed by atoms with van der Waals surface area (Å²) in [6.07, 6.45) is 6.79. The largest absolute Gasteiger partial charge is 0.103 e. The van der Waals surface area contributed by atoms with Crippen molar-refractivity contribution in [3.63, 3.8) is 0 Å². The minimum atomic E-state index is 0.824. The Morgan fingerprint density at radius 3 is 3.22 bits per heavy atom. The van der Waals surface area contributed by atoms with E-state index in [0.29, 0.717) is 0 Å². The summed E-state index contributed by atoms with van der Waals surface area (Å²) < 4.78 is 0. The van der Waals surface area contributed by atoms with Crippen molar-refractivity contribution in [3.8, 4) is 11.8 Å². The van der Waals surface area contributed by atoms with Crippen molar-refractivity contribution >= 4 is 0 Å². The van der Waals surface area contributed by atoms with Gasteiger partial charge in [-0.25, -0.2) is 0 Å². The summed E-state index contributed by atoms with van der Waals surface area (Å²) in [5.74, 6) is 8.37. The molecule has 0 aromatic carbocycles. The van der Waals surface area contributed by atoms with Crippen LogP contribution in [0.5, 0.6) is 0 Å². The summed E-state index contributed by atoms with van der Waals surface area (Å²) in [4.78, 5) is 0. The van der Waals surface area contributed by atoms with Crippen molar-refractivity contribution in [3.05, 3.63) is 0 Å². The van der Waals surface area contributed by atoms with Gasteiger partial charge in [-0.3, -0.25) is 0 Å². The number of fused-ring (bicyclic) bond motifs is 1. The van der Waals surface area contributed by atoms with E-state index in [4.69, 9.17) is 0 Å². The van der Waals surface area contributed by atoms with Gasteiger partial charge in [-0.1, -0.05) is 12.3 Å². The lowest BCUT2D eigenvalue weighted by Gasteiger charge is -1.97. The van der Waals surface area contributed by atoms with E-state index >= 15 is 0 Å². The molecule has 0 heteroatoms. The predicted octanol–water partition coefficient (Wildman–Crippen LogP) is 2.20. The molecule has 2 atom stereocenters. The minimum absolute atomic E-state index is 0.824. The molecule has 0 N–H and O–H groups in total. The maximum absolute atomic E-state index is 3.31. The minimum Gasteiger partial charge on any atom is -0.103 e. The number of hydrogen-bond acceptors (Lipinski definition) is 0. The summed E-state index contributed by atoms with van der Waals surface area (Å²) in [5, 5.41) is 0. The molecule has 0 amide bonds. The van der Waals surface area contributed by atoms with Crippen molar-refractivity contribution in [2.45, 2.75) is 32.1 Å². The molecule has 0 aromatic rings. The fourth-order valence-electron chi connectivity index (χ4n) is 1.57. The van der Waals surface area contributed by atoms with Crippen LogP contribution in [-0.4, -0.2) is 0 Å². The fraction of sp³-hybridized carbons (Fsp3) is 0.778. The first-order valence-corrected chi connectivity index (χ1v) is 3.95. The van der Waals surface area contributed by atoms with Crippen LogP contribution in [0.3, 0.4) is 0 Å². The zero-order chi connectivity index (χ0) is 6.10. The Morgan fingerprint density at radius 1 is 1.22 bits per heavy atom. The Kier molecular flexibility index (Phi) is 1.23. The fourth-order valence-corrected chi connectivity index (χ4v) is 1.57. The molecule has 0 radical (unpaired) electrons. The van der Waals surface area contributed by atoms with Crippen LogP contribution in [0, 0.1) is 23.7 Å². The molecule has 9 heavy (non-hydrogen) atoms. The maximum Gasteiger partial charge on any atom is 0.0234 e. The molecule has 0 unspecified atom stereocenters. The molecule has 2 rings (SSSR count). The van der Waals surface area contributed by atoms with Gasteiger partial charge in [0, 0.05) is 12.3 Å². The summed E-state index contributed by atoms with van der Waals surface area (Å²) in [5.41, 5.74) is 0. The normalized spacial score (nSPS) is 39.1. The molecule has 0 nitrogen and oxygen atoms in total. The Labute approximate surface area is 56.6 Å². The second kappa shape index (κ2) is 2.06. The van der Waals surface area contributed by atoms with Gasteiger partial charge in [0.05, 0.1) is 0 Å². The average Bonchev–Trinajstić information content (AvgIpc) is 2.46. The lowest BCUT2D eigenvalue weighted by Crippen LogP contribution is -1.84. The molecular formula is C9H12. The van der Waals surface area contributed by atoms with Crippen molar-refractivity contribution in [2.75, 3.05) is 0 Å². The molecule has 0 aromatic heterocycles. The van der Waals surface area contributed by atoms with Gasteiger partial charge in [-0.05, 0) is 25.2 Å². The Hall–Kier alpha value is -0.440. The smallest absolute Gasteiger partial charge is 0.0234 e. The number of hydrogen-bond donors (Lipinski definition) is 0. The van der Waals surface area contributed by atoms with Crippen molar-refractivity contribution in [1.29, 1.82) is 0 Å². The van der Waals surface area contributed by atoms with Crippen LogP contribution in [-0.2, 0) is 0 Å². The SMILES string of the molecule is C1#C[C@@H]2C[C@@H]2CCCC1. The van der Waals surface area contributed by atoms with Crippen LogP contribution in [0.2, 0.25) is 0 Å². The highest BCUT2D eigenvalue weighted by Gasteiger charge is 2.34. The molecular weight excluding hydrogens is 108 g/mol. The van der Waals surface area contributed by atoms with E-state index in [1.54, 1.807) is 0 Å². The molecule has 2 aliphatic rings. The van der Waals surface area contributed by atoms with E-state index in [1.165, 1.54) is 25.7 Å². The summed E-state index contributed by atoms with van der Waals surface area (Å²) in [6, 6.07) is 0. The molecule has 48 valence electrons. The molecule has 0 heterocycles. The Morgan fingerprint density at radius 2 is 2.22 bits per heavy atom. The van der Waals surface area contributed by atoms with Gasteiger partial charge in [0.2, 0.25) is 0 Å². The second-order valence-electron chi connectivity index (χ2n) is 3.17. The number of rotatable bonds is 0. The molecule has 1 fully saturated rings. The van der Waals surface area contributed by atoms with Gasteiger partial charge in [-0.2, -0.15) is 0 Å². The van der Waals surface area contributed by atoms with Crippen LogP contribution in [0.1, 0.15) is 32.1 Å². The molecule has 0 saturated heterocycles. The molecule has 1 saturated carbocycles. The van der Waals surface area contributed by atoms with E-state index in [1.807, 2.05) is 0 Å². The lowest BCUT2D eigenvalue weighted by atomic mass is 10.1. The van der Waals surface area contributed by atoms with Crippen LogP contribution in [0.25, 0.3) is 0 Å². The highest BCUT2D eigenvalue weighted by molar-refractivity contribution is 5.13. The summed E-state index contributed by atoms with van der Waals surface area (Å²) in [6.45, 7) is 0. The lowest BCUT2D eigenvalue weighted by molar-refractivity contribution is 0.616. The molecule has 2 aliphatic carbocycles. The maximum atomic E-state index is 3.31. The summed E-state index contributed by atoms with van der Waals surface area (Å²) in [7, 11) is 0. The monoisotopic (exact) mass is 120 g/mol. The van der Waals surface area contributed by atoms with E-state index < -0.39 is 0 Å². The first kappa shape index (κ1) is 5.35. The van der Waals surface area contributed by atoms with E-state index in [2.05, 4.69) is 11.8 Å². The van der Waals surface area contributed by atoms with E-state index in [9.17, 15) is 0 Å². The van der Waals surface area contributed by atoms with Gasteiger partial charge in [0.15, 0.2) is 0 Å². The average molecular weight is 120 g/mol. The highest BCUT2D eigenvalue weighted by Crippen LogP contribution is 2.42. The van der Waals surface area contributed by atoms with Gasteiger partial charge >= 0.3 is 0 Å². The van der Waals surface area contributed by atoms with Crippen molar-refractivity contribution in [2.24, 2.45) is 11.8 Å². The van der Waals surface area contributed by atoms with Gasteiger partial charge < -0.3 is 0 Å². The van der Waals surface area contributed by atoms with Crippen molar-refractivity contribution in [1.82, 2.24) is 0 Å². The zero-order valence-corrected chi connectivity index (χ0v) is 5.69. The van der Waals surface area contributed by atoms with Crippen LogP contribution in [0.15, 0.2) is 0 Å². The molecule has 0 spiro atoms. The molecule has 0 bridgehead atoms. The van der Waals surface area contributed by atoms with E-state index in [-0.39, 0.29) is 0 Å². The van der Waals surface area contributed by atoms with Crippen molar-refractivity contribution < 1.29 is 0 Å². The van der Waals surface area contributed by atoms with Gasteiger partial charge in [0.25, 0.3) is 0 Å². The van der Waals surface area contributed by atoms with Crippen LogP contribution in [0.4, 0.5) is 0 Å². The first-order chi connectivity index (χ1) is 4.47. The standard InChI is InChI=1S/C9H12/c1-2-4-6-9-7-8(9)5-3-1/h8-9H,1-3,5,7H2/t8-,9+/m0/s1. The van der Waals surface area contributed by atoms with Crippen LogP contribution >= 0.6 is 0 Å². The third-order valence-electron chi connectivity index (χ3n) is 2.34. The predicted molar refractivity (Wildman–Crippen MR) is 37.8 cm³/mol. The third kappa shape index (κ3) is 1.10. The van der Waals surface area contributed by atoms with E-state index in [0.717, 1.165) is 18.3 Å². The highest BCUT2D eigenvalue weighted by atomic mass is 14.4.